The molecule has 2 nitrogen and oxygen atoms in total. The van der Waals surface area contributed by atoms with Crippen LogP contribution in [0, 0.1) is 23.7 Å². The second-order valence-corrected chi connectivity index (χ2v) is 6.46. The second kappa shape index (κ2) is 14.6. The van der Waals surface area contributed by atoms with Crippen LogP contribution in [-0.2, 0) is 4.79 Å². The summed E-state index contributed by atoms with van der Waals surface area (Å²) in [5.41, 5.74) is 0. The minimum absolute atomic E-state index is 0. The largest absolute Gasteiger partial charge is 0.396 e. The summed E-state index contributed by atoms with van der Waals surface area (Å²) in [6.07, 6.45) is 11.0. The van der Waals surface area contributed by atoms with Crippen LogP contribution in [0.1, 0.15) is 87.8 Å². The van der Waals surface area contributed by atoms with E-state index in [9.17, 15) is 4.79 Å². The third kappa shape index (κ3) is 10.9. The van der Waals surface area contributed by atoms with Gasteiger partial charge in [-0.15, -0.1) is 0 Å². The highest BCUT2D eigenvalue weighted by Gasteiger charge is 2.17. The molecule has 0 aromatic heterocycles. The third-order valence-corrected chi connectivity index (χ3v) is 4.65. The fourth-order valence-corrected chi connectivity index (χ4v) is 2.93. The van der Waals surface area contributed by atoms with Crippen LogP contribution < -0.4 is 0 Å². The third-order valence-electron chi connectivity index (χ3n) is 4.65. The quantitative estimate of drug-likeness (QED) is 0.686. The van der Waals surface area contributed by atoms with Gasteiger partial charge in [-0.25, -0.2) is 0 Å². The van der Waals surface area contributed by atoms with Gasteiger partial charge in [-0.05, 0) is 43.4 Å². The number of rotatable bonds is 2. The Labute approximate surface area is 135 Å². The fourth-order valence-electron chi connectivity index (χ4n) is 2.93. The molecule has 0 atom stereocenters. The van der Waals surface area contributed by atoms with E-state index in [1.165, 1.54) is 38.5 Å². The van der Waals surface area contributed by atoms with Gasteiger partial charge >= 0.3 is 0 Å². The molecular formula is C19H40O2. The van der Waals surface area contributed by atoms with E-state index in [-0.39, 0.29) is 7.43 Å². The highest BCUT2D eigenvalue weighted by atomic mass is 16.3. The summed E-state index contributed by atoms with van der Waals surface area (Å²) in [7, 11) is 0. The molecule has 2 rings (SSSR count). The molecule has 2 fully saturated rings. The number of hydrogen-bond acceptors (Lipinski definition) is 2. The van der Waals surface area contributed by atoms with E-state index in [1.54, 1.807) is 6.92 Å². The molecule has 1 N–H and O–H groups in total. The first-order valence-corrected chi connectivity index (χ1v) is 8.42. The zero-order valence-corrected chi connectivity index (χ0v) is 13.8. The maximum Gasteiger partial charge on any atom is 0.123 e. The van der Waals surface area contributed by atoms with Crippen molar-refractivity contribution in [2.24, 2.45) is 23.7 Å². The lowest BCUT2D eigenvalue weighted by atomic mass is 9.84. The SMILES string of the molecule is C.CC1CCC(C=O)CC1.CC1CCC(CO)CC1.[2H]CC. The van der Waals surface area contributed by atoms with Crippen molar-refractivity contribution in [2.45, 2.75) is 86.5 Å². The first kappa shape index (κ1) is 20.6. The normalized spacial score (nSPS) is 32.1. The van der Waals surface area contributed by atoms with Crippen LogP contribution >= 0.6 is 0 Å². The minimum Gasteiger partial charge on any atom is -0.396 e. The van der Waals surface area contributed by atoms with Crippen LogP contribution in [0.25, 0.3) is 0 Å². The van der Waals surface area contributed by atoms with E-state index in [0.717, 1.165) is 31.0 Å². The summed E-state index contributed by atoms with van der Waals surface area (Å²) in [6.45, 7) is 7.27. The molecule has 2 saturated carbocycles. The van der Waals surface area contributed by atoms with Gasteiger partial charge in [-0.1, -0.05) is 60.8 Å². The summed E-state index contributed by atoms with van der Waals surface area (Å²) in [5.74, 6) is 2.79. The Morgan fingerprint density at radius 3 is 1.71 bits per heavy atom. The second-order valence-electron chi connectivity index (χ2n) is 6.46. The summed E-state index contributed by atoms with van der Waals surface area (Å²) in [4.78, 5) is 10.3. The Morgan fingerprint density at radius 2 is 1.38 bits per heavy atom. The summed E-state index contributed by atoms with van der Waals surface area (Å²) in [6, 6.07) is 0. The van der Waals surface area contributed by atoms with Gasteiger partial charge in [0.05, 0.1) is 0 Å². The highest BCUT2D eigenvalue weighted by molar-refractivity contribution is 5.53. The van der Waals surface area contributed by atoms with Crippen LogP contribution in [0.5, 0.6) is 0 Å². The first-order valence-electron chi connectivity index (χ1n) is 9.13. The Balaban J connectivity index is 0. The number of carbonyl (C=O) groups is 1. The summed E-state index contributed by atoms with van der Waals surface area (Å²) >= 11 is 0. The number of carbonyl (C=O) groups excluding carboxylic acids is 1. The first-order chi connectivity index (χ1) is 10.1. The average molecular weight is 302 g/mol. The molecule has 0 spiro atoms. The van der Waals surface area contributed by atoms with Crippen molar-refractivity contribution in [1.29, 1.82) is 0 Å². The molecule has 2 aliphatic rings. The van der Waals surface area contributed by atoms with Crippen molar-refractivity contribution >= 4 is 6.29 Å². The molecule has 0 heterocycles. The molecule has 0 radical (unpaired) electrons. The minimum atomic E-state index is 0. The van der Waals surface area contributed by atoms with Gasteiger partial charge in [0.2, 0.25) is 0 Å². The summed E-state index contributed by atoms with van der Waals surface area (Å²) < 4.78 is 6.21. The number of aliphatic hydroxyl groups is 1. The molecular weight excluding hydrogens is 260 g/mol. The van der Waals surface area contributed by atoms with Crippen LogP contribution in [-0.4, -0.2) is 18.0 Å². The van der Waals surface area contributed by atoms with Crippen molar-refractivity contribution in [1.82, 2.24) is 0 Å². The van der Waals surface area contributed by atoms with Gasteiger partial charge in [-0.2, -0.15) is 0 Å². The smallest absolute Gasteiger partial charge is 0.123 e. The standard InChI is InChI=1S/C8H16O.C8H14O.C2H6.CH4/c2*1-7-2-4-8(6-9)5-3-7;1-2;/h7-9H,2-6H2,1H3;6-8H,2-5H2,1H3;1-2H3;1H4/i;;1D;. The zero-order chi connectivity index (χ0) is 16.1. The molecule has 0 unspecified atom stereocenters. The van der Waals surface area contributed by atoms with E-state index in [4.69, 9.17) is 6.48 Å². The van der Waals surface area contributed by atoms with Gasteiger partial charge in [0.15, 0.2) is 0 Å². The Bertz CT molecular complexity index is 230. The Kier molecular flexibility index (Phi) is 14.3. The van der Waals surface area contributed by atoms with Gasteiger partial charge in [0, 0.05) is 13.9 Å². The fraction of sp³-hybridized carbons (Fsp3) is 0.947. The highest BCUT2D eigenvalue weighted by Crippen LogP contribution is 2.27. The van der Waals surface area contributed by atoms with E-state index < -0.39 is 0 Å². The molecule has 0 aromatic rings. The van der Waals surface area contributed by atoms with Crippen LogP contribution in [0.2, 0.25) is 0 Å². The molecule has 128 valence electrons. The molecule has 21 heavy (non-hydrogen) atoms. The van der Waals surface area contributed by atoms with Crippen LogP contribution in [0.4, 0.5) is 0 Å². The molecule has 0 amide bonds. The Hall–Kier alpha value is -0.370. The predicted molar refractivity (Wildman–Crippen MR) is 93.5 cm³/mol. The lowest BCUT2D eigenvalue weighted by Gasteiger charge is -2.23. The van der Waals surface area contributed by atoms with E-state index in [2.05, 4.69) is 13.8 Å². The van der Waals surface area contributed by atoms with E-state index >= 15 is 0 Å². The maximum atomic E-state index is 10.3. The van der Waals surface area contributed by atoms with E-state index in [1.807, 2.05) is 0 Å². The van der Waals surface area contributed by atoms with Crippen molar-refractivity contribution in [3.63, 3.8) is 0 Å². The van der Waals surface area contributed by atoms with Crippen molar-refractivity contribution in [3.05, 3.63) is 0 Å². The lowest BCUT2D eigenvalue weighted by Crippen LogP contribution is -2.14. The number of aliphatic hydroxyl groups excluding tert-OH is 1. The molecule has 0 saturated heterocycles. The average Bonchev–Trinajstić information content (AvgIpc) is 2.50. The van der Waals surface area contributed by atoms with Crippen LogP contribution in [0.15, 0.2) is 0 Å². The molecule has 2 aliphatic carbocycles. The topological polar surface area (TPSA) is 37.3 Å². The molecule has 0 aromatic carbocycles. The molecule has 0 aliphatic heterocycles. The number of hydrogen-bond donors (Lipinski definition) is 1. The monoisotopic (exact) mass is 301 g/mol. The summed E-state index contributed by atoms with van der Waals surface area (Å²) in [5, 5.41) is 8.78. The van der Waals surface area contributed by atoms with Gasteiger partial charge in [0.25, 0.3) is 0 Å². The Morgan fingerprint density at radius 1 is 1.00 bits per heavy atom. The zero-order valence-electron chi connectivity index (χ0n) is 14.8. The molecule has 2 heteroatoms. The molecule has 0 bridgehead atoms. The maximum absolute atomic E-state index is 10.3. The number of aldehydes is 1. The van der Waals surface area contributed by atoms with Crippen molar-refractivity contribution < 1.29 is 11.3 Å². The lowest BCUT2D eigenvalue weighted by molar-refractivity contribution is -0.112. The van der Waals surface area contributed by atoms with Crippen molar-refractivity contribution in [2.75, 3.05) is 6.61 Å². The van der Waals surface area contributed by atoms with Crippen molar-refractivity contribution in [3.8, 4) is 0 Å². The van der Waals surface area contributed by atoms with Gasteiger partial charge in [0.1, 0.15) is 6.29 Å². The predicted octanol–water partition coefficient (Wildman–Crippen LogP) is 5.48. The van der Waals surface area contributed by atoms with Gasteiger partial charge in [-0.3, -0.25) is 0 Å². The van der Waals surface area contributed by atoms with E-state index in [0.29, 0.717) is 25.3 Å². The van der Waals surface area contributed by atoms with Gasteiger partial charge < -0.3 is 9.90 Å². The van der Waals surface area contributed by atoms with Crippen LogP contribution in [0.3, 0.4) is 0 Å².